The van der Waals surface area contributed by atoms with Gasteiger partial charge in [-0.1, -0.05) is 0 Å². The Bertz CT molecular complexity index is 754. The van der Waals surface area contributed by atoms with Crippen LogP contribution >= 0.6 is 0 Å². The fourth-order valence-corrected chi connectivity index (χ4v) is 3.04. The molecule has 0 unspecified atom stereocenters. The highest BCUT2D eigenvalue weighted by molar-refractivity contribution is 5.95. The van der Waals surface area contributed by atoms with Crippen LogP contribution in [0.3, 0.4) is 0 Å². The van der Waals surface area contributed by atoms with Crippen molar-refractivity contribution >= 4 is 11.9 Å². The lowest BCUT2D eigenvalue weighted by molar-refractivity contribution is -0.138. The zero-order valence-electron chi connectivity index (χ0n) is 13.8. The zero-order valence-corrected chi connectivity index (χ0v) is 13.8. The molecule has 0 atom stereocenters. The SMILES string of the molecule is COc1ccc(C(=O)N2CCC(CC(=O)O)CC2)cc1-n1cnnn1. The van der Waals surface area contributed by atoms with Gasteiger partial charge in [-0.25, -0.2) is 0 Å². The van der Waals surface area contributed by atoms with E-state index in [1.54, 1.807) is 23.1 Å². The highest BCUT2D eigenvalue weighted by atomic mass is 16.5. The molecule has 9 heteroatoms. The van der Waals surface area contributed by atoms with Gasteiger partial charge in [-0.2, -0.15) is 4.68 Å². The molecule has 25 heavy (non-hydrogen) atoms. The number of ether oxygens (including phenoxy) is 1. The average Bonchev–Trinajstić information content (AvgIpc) is 3.15. The van der Waals surface area contributed by atoms with Crippen LogP contribution in [-0.2, 0) is 4.79 Å². The number of amides is 1. The molecule has 1 aromatic carbocycles. The van der Waals surface area contributed by atoms with Crippen LogP contribution in [-0.4, -0.2) is 62.3 Å². The molecule has 0 spiro atoms. The van der Waals surface area contributed by atoms with Crippen LogP contribution in [0.4, 0.5) is 0 Å². The molecule has 1 amide bonds. The van der Waals surface area contributed by atoms with Crippen LogP contribution in [0.5, 0.6) is 5.75 Å². The summed E-state index contributed by atoms with van der Waals surface area (Å²) in [7, 11) is 1.54. The van der Waals surface area contributed by atoms with Crippen LogP contribution in [0.25, 0.3) is 5.69 Å². The molecule has 1 saturated heterocycles. The maximum atomic E-state index is 12.8. The van der Waals surface area contributed by atoms with Crippen molar-refractivity contribution in [3.63, 3.8) is 0 Å². The van der Waals surface area contributed by atoms with Crippen LogP contribution in [0.15, 0.2) is 24.5 Å². The summed E-state index contributed by atoms with van der Waals surface area (Å²) in [5.41, 5.74) is 1.10. The van der Waals surface area contributed by atoms with E-state index in [0.29, 0.717) is 42.9 Å². The van der Waals surface area contributed by atoms with E-state index in [-0.39, 0.29) is 18.2 Å². The molecule has 2 heterocycles. The molecule has 132 valence electrons. The number of rotatable bonds is 5. The first kappa shape index (κ1) is 16.9. The van der Waals surface area contributed by atoms with E-state index in [4.69, 9.17) is 9.84 Å². The molecule has 3 rings (SSSR count). The lowest BCUT2D eigenvalue weighted by Crippen LogP contribution is -2.38. The predicted molar refractivity (Wildman–Crippen MR) is 86.6 cm³/mol. The largest absolute Gasteiger partial charge is 0.494 e. The first-order chi connectivity index (χ1) is 12.1. The van der Waals surface area contributed by atoms with Crippen molar-refractivity contribution in [2.75, 3.05) is 20.2 Å². The van der Waals surface area contributed by atoms with Crippen LogP contribution in [0, 0.1) is 5.92 Å². The van der Waals surface area contributed by atoms with Crippen molar-refractivity contribution in [2.24, 2.45) is 5.92 Å². The van der Waals surface area contributed by atoms with E-state index in [9.17, 15) is 9.59 Å². The highest BCUT2D eigenvalue weighted by Crippen LogP contribution is 2.26. The summed E-state index contributed by atoms with van der Waals surface area (Å²) >= 11 is 0. The number of hydrogen-bond donors (Lipinski definition) is 1. The number of nitrogens with zero attached hydrogens (tertiary/aromatic N) is 5. The Morgan fingerprint density at radius 1 is 1.32 bits per heavy atom. The van der Waals surface area contributed by atoms with Crippen molar-refractivity contribution < 1.29 is 19.4 Å². The molecule has 0 saturated carbocycles. The normalized spacial score (nSPS) is 15.2. The molecule has 1 N–H and O–H groups in total. The third-order valence-electron chi connectivity index (χ3n) is 4.39. The molecular weight excluding hydrogens is 326 g/mol. The molecule has 1 aromatic heterocycles. The minimum absolute atomic E-state index is 0.0919. The Morgan fingerprint density at radius 3 is 2.68 bits per heavy atom. The number of aromatic nitrogens is 4. The number of carbonyl (C=O) groups excluding carboxylic acids is 1. The van der Waals surface area contributed by atoms with Gasteiger partial charge in [0, 0.05) is 25.1 Å². The molecule has 0 aliphatic carbocycles. The second kappa shape index (κ2) is 7.29. The van der Waals surface area contributed by atoms with Gasteiger partial charge < -0.3 is 14.7 Å². The third kappa shape index (κ3) is 3.76. The van der Waals surface area contributed by atoms with Crippen LogP contribution < -0.4 is 4.74 Å². The fraction of sp³-hybridized carbons (Fsp3) is 0.438. The van der Waals surface area contributed by atoms with Crippen molar-refractivity contribution in [3.8, 4) is 11.4 Å². The Labute approximate surface area is 144 Å². The number of benzene rings is 1. The first-order valence-electron chi connectivity index (χ1n) is 8.01. The zero-order chi connectivity index (χ0) is 17.8. The molecule has 9 nitrogen and oxygen atoms in total. The minimum Gasteiger partial charge on any atom is -0.494 e. The lowest BCUT2D eigenvalue weighted by Gasteiger charge is -2.31. The number of aliphatic carboxylic acids is 1. The number of piperidine rings is 1. The summed E-state index contributed by atoms with van der Waals surface area (Å²) in [5.74, 6) is -0.185. The van der Waals surface area contributed by atoms with Gasteiger partial charge in [-0.05, 0) is 47.4 Å². The lowest BCUT2D eigenvalue weighted by atomic mass is 9.93. The number of methoxy groups -OCH3 is 1. The number of carbonyl (C=O) groups is 2. The minimum atomic E-state index is -0.786. The Hall–Kier alpha value is -2.97. The molecule has 0 radical (unpaired) electrons. The molecule has 2 aromatic rings. The predicted octanol–water partition coefficient (Wildman–Crippen LogP) is 0.998. The van der Waals surface area contributed by atoms with Gasteiger partial charge in [-0.15, -0.1) is 5.10 Å². The van der Waals surface area contributed by atoms with Gasteiger partial charge in [0.05, 0.1) is 7.11 Å². The quantitative estimate of drug-likeness (QED) is 0.860. The van der Waals surface area contributed by atoms with Crippen molar-refractivity contribution in [3.05, 3.63) is 30.1 Å². The Balaban J connectivity index is 1.75. The van der Waals surface area contributed by atoms with Crippen LogP contribution in [0.1, 0.15) is 29.6 Å². The van der Waals surface area contributed by atoms with E-state index < -0.39 is 5.97 Å². The summed E-state index contributed by atoms with van der Waals surface area (Å²) < 4.78 is 6.74. The van der Waals surface area contributed by atoms with Crippen molar-refractivity contribution in [2.45, 2.75) is 19.3 Å². The Morgan fingerprint density at radius 2 is 2.08 bits per heavy atom. The summed E-state index contributed by atoms with van der Waals surface area (Å²) in [4.78, 5) is 25.3. The van der Waals surface area contributed by atoms with Crippen molar-refractivity contribution in [1.82, 2.24) is 25.1 Å². The number of hydrogen-bond acceptors (Lipinski definition) is 6. The van der Waals surface area contributed by atoms with Crippen LogP contribution in [0.2, 0.25) is 0 Å². The molecule has 1 aliphatic rings. The summed E-state index contributed by atoms with van der Waals surface area (Å²) in [6.45, 7) is 1.12. The maximum absolute atomic E-state index is 12.8. The van der Waals surface area contributed by atoms with E-state index in [1.807, 2.05) is 0 Å². The second-order valence-electron chi connectivity index (χ2n) is 5.97. The van der Waals surface area contributed by atoms with E-state index in [0.717, 1.165) is 0 Å². The maximum Gasteiger partial charge on any atom is 0.303 e. The third-order valence-corrected chi connectivity index (χ3v) is 4.39. The monoisotopic (exact) mass is 345 g/mol. The van der Waals surface area contributed by atoms with Gasteiger partial charge in [0.25, 0.3) is 5.91 Å². The second-order valence-corrected chi connectivity index (χ2v) is 5.97. The van der Waals surface area contributed by atoms with E-state index >= 15 is 0 Å². The number of likely N-dealkylation sites (tertiary alicyclic amines) is 1. The number of tetrazole rings is 1. The standard InChI is InChI=1S/C16H19N5O4/c1-25-14-3-2-12(9-13(14)21-10-17-18-19-21)16(24)20-6-4-11(5-7-20)8-15(22)23/h2-3,9-11H,4-8H2,1H3,(H,22,23). The first-order valence-corrected chi connectivity index (χ1v) is 8.01. The highest BCUT2D eigenvalue weighted by Gasteiger charge is 2.25. The summed E-state index contributed by atoms with van der Waals surface area (Å²) in [6.07, 6.45) is 3.00. The van der Waals surface area contributed by atoms with Gasteiger partial charge in [0.2, 0.25) is 0 Å². The van der Waals surface area contributed by atoms with Gasteiger partial charge in [0.15, 0.2) is 0 Å². The van der Waals surface area contributed by atoms with Crippen molar-refractivity contribution in [1.29, 1.82) is 0 Å². The van der Waals surface area contributed by atoms with E-state index in [1.165, 1.54) is 18.1 Å². The smallest absolute Gasteiger partial charge is 0.303 e. The summed E-state index contributed by atoms with van der Waals surface area (Å²) in [6, 6.07) is 5.11. The topological polar surface area (TPSA) is 110 Å². The van der Waals surface area contributed by atoms with Gasteiger partial charge in [0.1, 0.15) is 17.8 Å². The average molecular weight is 345 g/mol. The van der Waals surface area contributed by atoms with Gasteiger partial charge in [-0.3, -0.25) is 9.59 Å². The molecule has 0 bridgehead atoms. The molecular formula is C16H19N5O4. The van der Waals surface area contributed by atoms with Gasteiger partial charge >= 0.3 is 5.97 Å². The molecule has 1 fully saturated rings. The molecule has 1 aliphatic heterocycles. The fourth-order valence-electron chi connectivity index (χ4n) is 3.04. The Kier molecular flexibility index (Phi) is 4.92. The summed E-state index contributed by atoms with van der Waals surface area (Å²) in [5, 5.41) is 19.9. The van der Waals surface area contributed by atoms with E-state index in [2.05, 4.69) is 15.5 Å². The number of carboxylic acids is 1. The number of carboxylic acid groups (broad SMARTS) is 1.